The second-order valence-corrected chi connectivity index (χ2v) is 8.20. The number of hydrogen-bond acceptors (Lipinski definition) is 3. The molecule has 3 rings (SSSR count). The number of methoxy groups -OCH3 is 1. The molecule has 0 bridgehead atoms. The Labute approximate surface area is 167 Å². The lowest BCUT2D eigenvalue weighted by molar-refractivity contribution is -0.164. The van der Waals surface area contributed by atoms with Crippen LogP contribution in [0.2, 0.25) is 0 Å². The van der Waals surface area contributed by atoms with Gasteiger partial charge in [0.2, 0.25) is 0 Å². The third-order valence-corrected chi connectivity index (χ3v) is 4.79. The van der Waals surface area contributed by atoms with Gasteiger partial charge in [-0.15, -0.1) is 0 Å². The number of ether oxygens (including phenoxy) is 2. The summed E-state index contributed by atoms with van der Waals surface area (Å²) >= 11 is 0. The van der Waals surface area contributed by atoms with Gasteiger partial charge in [-0.05, 0) is 62.1 Å². The zero-order chi connectivity index (χ0) is 20.5. The third-order valence-electron chi connectivity index (χ3n) is 4.79. The van der Waals surface area contributed by atoms with Crippen LogP contribution in [0.25, 0.3) is 21.9 Å². The van der Waals surface area contributed by atoms with Gasteiger partial charge in [0.1, 0.15) is 0 Å². The fourth-order valence-corrected chi connectivity index (χ4v) is 3.56. The van der Waals surface area contributed by atoms with Gasteiger partial charge in [-0.2, -0.15) is 0 Å². The Morgan fingerprint density at radius 1 is 0.964 bits per heavy atom. The Bertz CT molecular complexity index is 995. The van der Waals surface area contributed by atoms with Crippen molar-refractivity contribution in [3.8, 4) is 11.1 Å². The summed E-state index contributed by atoms with van der Waals surface area (Å²) in [6.07, 6.45) is -0.800. The molecule has 0 aliphatic rings. The van der Waals surface area contributed by atoms with E-state index in [2.05, 4.69) is 49.4 Å². The molecule has 0 fully saturated rings. The van der Waals surface area contributed by atoms with Gasteiger partial charge in [0.25, 0.3) is 0 Å². The number of hydrogen-bond donors (Lipinski definition) is 0. The molecule has 0 N–H and O–H groups in total. The number of carbonyl (C=O) groups excluding carboxylic acids is 1. The average molecular weight is 376 g/mol. The lowest BCUT2D eigenvalue weighted by Gasteiger charge is -2.29. The van der Waals surface area contributed by atoms with E-state index in [1.54, 1.807) is 0 Å². The minimum absolute atomic E-state index is 0.387. The third kappa shape index (κ3) is 4.10. The minimum atomic E-state index is -0.800. The van der Waals surface area contributed by atoms with Crippen LogP contribution in [0.1, 0.15) is 43.6 Å². The van der Waals surface area contributed by atoms with E-state index in [1.165, 1.54) is 12.7 Å². The van der Waals surface area contributed by atoms with E-state index in [-0.39, 0.29) is 5.97 Å². The summed E-state index contributed by atoms with van der Waals surface area (Å²) < 4.78 is 11.3. The number of rotatable bonds is 4. The molecule has 0 aromatic heterocycles. The molecule has 3 heteroatoms. The molecule has 0 spiro atoms. The van der Waals surface area contributed by atoms with E-state index in [0.717, 1.165) is 33.0 Å². The van der Waals surface area contributed by atoms with Gasteiger partial charge in [-0.25, -0.2) is 4.79 Å². The summed E-state index contributed by atoms with van der Waals surface area (Å²) in [5, 5.41) is 2.23. The van der Waals surface area contributed by atoms with E-state index in [9.17, 15) is 4.79 Å². The van der Waals surface area contributed by atoms with Crippen molar-refractivity contribution in [3.05, 3.63) is 71.3 Å². The van der Waals surface area contributed by atoms with Crippen molar-refractivity contribution in [1.82, 2.24) is 0 Å². The number of aryl methyl sites for hydroxylation is 2. The molecule has 0 heterocycles. The highest BCUT2D eigenvalue weighted by atomic mass is 16.6. The molecule has 3 nitrogen and oxygen atoms in total. The molecular formula is C25H28O3. The highest BCUT2D eigenvalue weighted by Gasteiger charge is 2.32. The molecule has 0 saturated heterocycles. The smallest absolute Gasteiger partial charge is 0.339 e. The standard InChI is InChI=1S/C25H28O3/c1-16-11-13-18(14-12-16)22-20-10-8-7-9-19(20)15-17(2)21(22)23(24(26)27-6)28-25(3,4)5/h7-15,23H,1-6H3. The lowest BCUT2D eigenvalue weighted by atomic mass is 9.87. The van der Waals surface area contributed by atoms with Crippen LogP contribution in [-0.2, 0) is 14.3 Å². The fraction of sp³-hybridized carbons (Fsp3) is 0.320. The van der Waals surface area contributed by atoms with Gasteiger partial charge >= 0.3 is 5.97 Å². The van der Waals surface area contributed by atoms with Crippen LogP contribution in [-0.4, -0.2) is 18.7 Å². The maximum Gasteiger partial charge on any atom is 0.339 e. The average Bonchev–Trinajstić information content (AvgIpc) is 2.65. The van der Waals surface area contributed by atoms with Crippen LogP contribution in [0.15, 0.2) is 54.6 Å². The number of benzene rings is 3. The Hall–Kier alpha value is -2.65. The summed E-state index contributed by atoms with van der Waals surface area (Å²) in [6, 6.07) is 18.8. The summed E-state index contributed by atoms with van der Waals surface area (Å²) in [4.78, 5) is 12.8. The number of fused-ring (bicyclic) bond motifs is 1. The molecular weight excluding hydrogens is 348 g/mol. The highest BCUT2D eigenvalue weighted by molar-refractivity contribution is 6.01. The molecule has 1 atom stereocenters. The van der Waals surface area contributed by atoms with E-state index in [0.29, 0.717) is 0 Å². The van der Waals surface area contributed by atoms with Crippen LogP contribution in [0.4, 0.5) is 0 Å². The molecule has 0 amide bonds. The van der Waals surface area contributed by atoms with Crippen LogP contribution in [0.3, 0.4) is 0 Å². The minimum Gasteiger partial charge on any atom is -0.467 e. The van der Waals surface area contributed by atoms with Gasteiger partial charge in [0, 0.05) is 5.56 Å². The van der Waals surface area contributed by atoms with Gasteiger partial charge in [0.05, 0.1) is 12.7 Å². The van der Waals surface area contributed by atoms with E-state index in [1.807, 2.05) is 39.8 Å². The maximum absolute atomic E-state index is 12.8. The second-order valence-electron chi connectivity index (χ2n) is 8.20. The van der Waals surface area contributed by atoms with E-state index in [4.69, 9.17) is 9.47 Å². The quantitative estimate of drug-likeness (QED) is 0.512. The fourth-order valence-electron chi connectivity index (χ4n) is 3.56. The van der Waals surface area contributed by atoms with Crippen LogP contribution < -0.4 is 0 Å². The summed E-state index contributed by atoms with van der Waals surface area (Å²) in [7, 11) is 1.41. The molecule has 0 aliphatic carbocycles. The van der Waals surface area contributed by atoms with Gasteiger partial charge in [-0.3, -0.25) is 0 Å². The molecule has 28 heavy (non-hydrogen) atoms. The Morgan fingerprint density at radius 2 is 1.61 bits per heavy atom. The van der Waals surface area contributed by atoms with Crippen molar-refractivity contribution in [2.75, 3.05) is 7.11 Å². The van der Waals surface area contributed by atoms with Crippen molar-refractivity contribution < 1.29 is 14.3 Å². The predicted molar refractivity (Wildman–Crippen MR) is 114 cm³/mol. The zero-order valence-electron chi connectivity index (χ0n) is 17.5. The number of carbonyl (C=O) groups is 1. The summed E-state index contributed by atoms with van der Waals surface area (Å²) in [5.41, 5.74) is 4.65. The van der Waals surface area contributed by atoms with E-state index < -0.39 is 11.7 Å². The van der Waals surface area contributed by atoms with Gasteiger partial charge in [-0.1, -0.05) is 60.2 Å². The van der Waals surface area contributed by atoms with E-state index >= 15 is 0 Å². The molecule has 1 unspecified atom stereocenters. The maximum atomic E-state index is 12.8. The predicted octanol–water partition coefficient (Wildman–Crippen LogP) is 6.15. The molecule has 0 saturated carbocycles. The molecule has 3 aromatic rings. The van der Waals surface area contributed by atoms with Crippen LogP contribution in [0, 0.1) is 13.8 Å². The molecule has 0 aliphatic heterocycles. The summed E-state index contributed by atoms with van der Waals surface area (Å²) in [5.74, 6) is -0.387. The van der Waals surface area contributed by atoms with Crippen molar-refractivity contribution in [2.45, 2.75) is 46.3 Å². The zero-order valence-corrected chi connectivity index (χ0v) is 17.5. The Morgan fingerprint density at radius 3 is 2.21 bits per heavy atom. The first-order chi connectivity index (χ1) is 13.2. The molecule has 0 radical (unpaired) electrons. The van der Waals surface area contributed by atoms with Gasteiger partial charge < -0.3 is 9.47 Å². The topological polar surface area (TPSA) is 35.5 Å². The summed E-state index contributed by atoms with van der Waals surface area (Å²) in [6.45, 7) is 9.95. The van der Waals surface area contributed by atoms with Crippen molar-refractivity contribution >= 4 is 16.7 Å². The van der Waals surface area contributed by atoms with Crippen molar-refractivity contribution in [3.63, 3.8) is 0 Å². The van der Waals surface area contributed by atoms with Crippen molar-refractivity contribution in [1.29, 1.82) is 0 Å². The first-order valence-corrected chi connectivity index (χ1v) is 9.56. The van der Waals surface area contributed by atoms with Gasteiger partial charge in [0.15, 0.2) is 6.10 Å². The first-order valence-electron chi connectivity index (χ1n) is 9.56. The molecule has 3 aromatic carbocycles. The number of esters is 1. The lowest BCUT2D eigenvalue weighted by Crippen LogP contribution is -2.29. The van der Waals surface area contributed by atoms with Crippen LogP contribution >= 0.6 is 0 Å². The first kappa shape index (κ1) is 20.1. The second kappa shape index (κ2) is 7.76. The Balaban J connectivity index is 2.37. The SMILES string of the molecule is COC(=O)C(OC(C)(C)C)c1c(C)cc2ccccc2c1-c1ccc(C)cc1. The monoisotopic (exact) mass is 376 g/mol. The largest absolute Gasteiger partial charge is 0.467 e. The Kier molecular flexibility index (Phi) is 5.57. The molecule has 146 valence electrons. The van der Waals surface area contributed by atoms with Crippen molar-refractivity contribution in [2.24, 2.45) is 0 Å². The van der Waals surface area contributed by atoms with Crippen LogP contribution in [0.5, 0.6) is 0 Å². The normalized spacial score (nSPS) is 12.8. The highest BCUT2D eigenvalue weighted by Crippen LogP contribution is 2.40.